The van der Waals surface area contributed by atoms with Crippen LogP contribution in [0.2, 0.25) is 0 Å². The topological polar surface area (TPSA) is 66.1 Å². The van der Waals surface area contributed by atoms with Gasteiger partial charge in [-0.25, -0.2) is 8.42 Å². The predicted octanol–water partition coefficient (Wildman–Crippen LogP) is 1.54. The predicted molar refractivity (Wildman–Crippen MR) is 65.4 cm³/mol. The van der Waals surface area contributed by atoms with Crippen molar-refractivity contribution >= 4 is 15.7 Å². The minimum atomic E-state index is -3.53. The smallest absolute Gasteiger partial charge is 0.267 e. The maximum Gasteiger partial charge on any atom is 0.267 e. The van der Waals surface area contributed by atoms with E-state index < -0.39 is 10.0 Å². The number of H-pyrrole nitrogens is 1. The second-order valence-electron chi connectivity index (χ2n) is 3.75. The van der Waals surface area contributed by atoms with E-state index in [1.165, 1.54) is 23.7 Å². The van der Waals surface area contributed by atoms with Crippen molar-refractivity contribution in [3.05, 3.63) is 42.2 Å². The molecule has 0 bridgehead atoms. The van der Waals surface area contributed by atoms with Gasteiger partial charge in [-0.05, 0) is 24.6 Å². The molecule has 1 heterocycles. The van der Waals surface area contributed by atoms with Gasteiger partial charge in [0, 0.05) is 13.2 Å². The van der Waals surface area contributed by atoms with E-state index in [9.17, 15) is 8.42 Å². The molecule has 0 aliphatic rings. The van der Waals surface area contributed by atoms with Crippen LogP contribution in [0.25, 0.3) is 0 Å². The SMILES string of the molecule is Cc1cccc(N(C)S(=O)(=O)c2cn[nH]c2)c1. The number of sulfonamides is 1. The fourth-order valence-corrected chi connectivity index (χ4v) is 2.60. The summed E-state index contributed by atoms with van der Waals surface area (Å²) in [6, 6.07) is 7.32. The zero-order valence-corrected chi connectivity index (χ0v) is 10.4. The fraction of sp³-hybridized carbons (Fsp3) is 0.182. The number of nitrogens with zero attached hydrogens (tertiary/aromatic N) is 2. The Kier molecular flexibility index (Phi) is 2.89. The Balaban J connectivity index is 2.42. The molecule has 6 heteroatoms. The molecule has 0 unspecified atom stereocenters. The number of rotatable bonds is 3. The summed E-state index contributed by atoms with van der Waals surface area (Å²) in [6.07, 6.45) is 2.66. The van der Waals surface area contributed by atoms with Crippen LogP contribution in [-0.4, -0.2) is 25.7 Å². The fourth-order valence-electron chi connectivity index (χ4n) is 1.50. The van der Waals surface area contributed by atoms with Crippen LogP contribution >= 0.6 is 0 Å². The molecule has 17 heavy (non-hydrogen) atoms. The molecule has 1 aromatic carbocycles. The van der Waals surface area contributed by atoms with Crippen molar-refractivity contribution < 1.29 is 8.42 Å². The molecule has 0 aliphatic heterocycles. The second-order valence-corrected chi connectivity index (χ2v) is 5.71. The molecule has 1 aromatic heterocycles. The molecule has 90 valence electrons. The van der Waals surface area contributed by atoms with Crippen LogP contribution in [0.3, 0.4) is 0 Å². The zero-order chi connectivity index (χ0) is 12.5. The van der Waals surface area contributed by atoms with Gasteiger partial charge in [0.05, 0.1) is 11.9 Å². The molecule has 2 rings (SSSR count). The summed E-state index contributed by atoms with van der Waals surface area (Å²) in [5.41, 5.74) is 1.64. The highest BCUT2D eigenvalue weighted by Crippen LogP contribution is 2.21. The normalized spacial score (nSPS) is 11.4. The number of aromatic amines is 1. The quantitative estimate of drug-likeness (QED) is 0.900. The Morgan fingerprint density at radius 2 is 2.12 bits per heavy atom. The highest BCUT2D eigenvalue weighted by atomic mass is 32.2. The Hall–Kier alpha value is -1.82. The van der Waals surface area contributed by atoms with Crippen LogP contribution in [0.1, 0.15) is 5.56 Å². The first kappa shape index (κ1) is 11.7. The van der Waals surface area contributed by atoms with Gasteiger partial charge in [-0.2, -0.15) is 5.10 Å². The highest BCUT2D eigenvalue weighted by Gasteiger charge is 2.22. The largest absolute Gasteiger partial charge is 0.284 e. The second kappa shape index (κ2) is 4.21. The molecule has 1 N–H and O–H groups in total. The lowest BCUT2D eigenvalue weighted by Crippen LogP contribution is -2.26. The molecule has 0 spiro atoms. The molecule has 0 saturated carbocycles. The maximum atomic E-state index is 12.2. The molecular formula is C11H13N3O2S. The Morgan fingerprint density at radius 1 is 1.35 bits per heavy atom. The van der Waals surface area contributed by atoms with Gasteiger partial charge in [0.1, 0.15) is 4.90 Å². The van der Waals surface area contributed by atoms with Crippen molar-refractivity contribution in [2.45, 2.75) is 11.8 Å². The number of anilines is 1. The van der Waals surface area contributed by atoms with Crippen LogP contribution in [0, 0.1) is 6.92 Å². The van der Waals surface area contributed by atoms with Crippen LogP contribution in [-0.2, 0) is 10.0 Å². The van der Waals surface area contributed by atoms with Crippen molar-refractivity contribution in [2.24, 2.45) is 0 Å². The van der Waals surface area contributed by atoms with Crippen molar-refractivity contribution in [3.8, 4) is 0 Å². The average molecular weight is 251 g/mol. The third-order valence-corrected chi connectivity index (χ3v) is 4.25. The molecule has 0 amide bonds. The van der Waals surface area contributed by atoms with Gasteiger partial charge in [-0.1, -0.05) is 12.1 Å². The maximum absolute atomic E-state index is 12.2. The minimum absolute atomic E-state index is 0.154. The summed E-state index contributed by atoms with van der Waals surface area (Å²) in [6.45, 7) is 1.92. The van der Waals surface area contributed by atoms with E-state index >= 15 is 0 Å². The number of aryl methyl sites for hydroxylation is 1. The monoisotopic (exact) mass is 251 g/mol. The van der Waals surface area contributed by atoms with Gasteiger partial charge >= 0.3 is 0 Å². The van der Waals surface area contributed by atoms with E-state index in [0.717, 1.165) is 5.56 Å². The first-order valence-electron chi connectivity index (χ1n) is 5.06. The molecule has 0 aliphatic carbocycles. The molecule has 0 saturated heterocycles. The molecule has 2 aromatic rings. The average Bonchev–Trinajstić information content (AvgIpc) is 2.82. The van der Waals surface area contributed by atoms with E-state index in [1.807, 2.05) is 25.1 Å². The summed E-state index contributed by atoms with van der Waals surface area (Å²) in [5.74, 6) is 0. The van der Waals surface area contributed by atoms with Crippen molar-refractivity contribution in [2.75, 3.05) is 11.4 Å². The van der Waals surface area contributed by atoms with Crippen molar-refractivity contribution in [1.29, 1.82) is 0 Å². The Labute approximate surface area is 100 Å². The molecular weight excluding hydrogens is 238 g/mol. The Morgan fingerprint density at radius 3 is 2.71 bits per heavy atom. The lowest BCUT2D eigenvalue weighted by molar-refractivity contribution is 0.594. The summed E-state index contributed by atoms with van der Waals surface area (Å²) in [4.78, 5) is 0.154. The van der Waals surface area contributed by atoms with Gasteiger partial charge < -0.3 is 0 Å². The van der Waals surface area contributed by atoms with Gasteiger partial charge in [-0.3, -0.25) is 9.40 Å². The molecule has 0 atom stereocenters. The van der Waals surface area contributed by atoms with Gasteiger partial charge in [-0.15, -0.1) is 0 Å². The van der Waals surface area contributed by atoms with Gasteiger partial charge in [0.15, 0.2) is 0 Å². The summed E-state index contributed by atoms with van der Waals surface area (Å²) >= 11 is 0. The molecule has 0 radical (unpaired) electrons. The highest BCUT2D eigenvalue weighted by molar-refractivity contribution is 7.92. The van der Waals surface area contributed by atoms with E-state index in [2.05, 4.69) is 10.2 Å². The van der Waals surface area contributed by atoms with E-state index in [1.54, 1.807) is 6.07 Å². The van der Waals surface area contributed by atoms with Gasteiger partial charge in [0.2, 0.25) is 0 Å². The van der Waals surface area contributed by atoms with E-state index in [0.29, 0.717) is 5.69 Å². The van der Waals surface area contributed by atoms with Crippen LogP contribution in [0.5, 0.6) is 0 Å². The minimum Gasteiger partial charge on any atom is -0.284 e. The summed E-state index contributed by atoms with van der Waals surface area (Å²) < 4.78 is 25.6. The lowest BCUT2D eigenvalue weighted by Gasteiger charge is -2.18. The number of aromatic nitrogens is 2. The standard InChI is InChI=1S/C11H13N3O2S/c1-9-4-3-5-10(6-9)14(2)17(15,16)11-7-12-13-8-11/h3-8H,1-2H3,(H,12,13). The summed E-state index contributed by atoms with van der Waals surface area (Å²) in [7, 11) is -2.00. The number of hydrogen-bond donors (Lipinski definition) is 1. The molecule has 0 fully saturated rings. The van der Waals surface area contributed by atoms with Crippen LogP contribution in [0.4, 0.5) is 5.69 Å². The number of nitrogens with one attached hydrogen (secondary N) is 1. The first-order valence-corrected chi connectivity index (χ1v) is 6.50. The third kappa shape index (κ3) is 2.16. The lowest BCUT2D eigenvalue weighted by atomic mass is 10.2. The Bertz CT molecular complexity index is 605. The number of hydrogen-bond acceptors (Lipinski definition) is 3. The number of benzene rings is 1. The van der Waals surface area contributed by atoms with Crippen molar-refractivity contribution in [1.82, 2.24) is 10.2 Å². The van der Waals surface area contributed by atoms with E-state index in [4.69, 9.17) is 0 Å². The summed E-state index contributed by atoms with van der Waals surface area (Å²) in [5, 5.41) is 6.15. The van der Waals surface area contributed by atoms with Crippen LogP contribution < -0.4 is 4.31 Å². The third-order valence-electron chi connectivity index (χ3n) is 2.50. The first-order chi connectivity index (χ1) is 8.01. The van der Waals surface area contributed by atoms with E-state index in [-0.39, 0.29) is 4.90 Å². The van der Waals surface area contributed by atoms with Crippen LogP contribution in [0.15, 0.2) is 41.6 Å². The van der Waals surface area contributed by atoms with Gasteiger partial charge in [0.25, 0.3) is 10.0 Å². The molecule has 5 nitrogen and oxygen atoms in total. The van der Waals surface area contributed by atoms with Crippen molar-refractivity contribution in [3.63, 3.8) is 0 Å². The zero-order valence-electron chi connectivity index (χ0n) is 9.58.